The standard InChI is InChI=1S/C31H41BrN2/c1-21(2)33(22(3)4)29-16-12-25(13-17-29)31(27-10-9-11-28(32)20-27)26-14-18-30(19-15-26)34(23(5)6)24(7)8/h9-24,31H,1-8H3. The van der Waals surface area contributed by atoms with Crippen LogP contribution in [0.3, 0.4) is 0 Å². The molecular weight excluding hydrogens is 480 g/mol. The van der Waals surface area contributed by atoms with Crippen LogP contribution in [0, 0.1) is 0 Å². The summed E-state index contributed by atoms with van der Waals surface area (Å²) in [5, 5.41) is 0. The second-order valence-electron chi connectivity index (χ2n) is 10.4. The minimum absolute atomic E-state index is 0.179. The zero-order valence-electron chi connectivity index (χ0n) is 22.1. The number of benzene rings is 3. The minimum atomic E-state index is 0.179. The lowest BCUT2D eigenvalue weighted by atomic mass is 9.85. The predicted molar refractivity (Wildman–Crippen MR) is 153 cm³/mol. The number of rotatable bonds is 9. The number of hydrogen-bond donors (Lipinski definition) is 0. The maximum atomic E-state index is 3.69. The molecule has 0 heterocycles. The summed E-state index contributed by atoms with van der Waals surface area (Å²) in [4.78, 5) is 4.94. The number of hydrogen-bond acceptors (Lipinski definition) is 2. The lowest BCUT2D eigenvalue weighted by Crippen LogP contribution is -2.37. The van der Waals surface area contributed by atoms with Gasteiger partial charge in [-0.1, -0.05) is 52.3 Å². The summed E-state index contributed by atoms with van der Waals surface area (Å²) in [5.41, 5.74) is 6.48. The molecule has 0 aliphatic rings. The van der Waals surface area contributed by atoms with Gasteiger partial charge in [0.1, 0.15) is 0 Å². The third-order valence-corrected chi connectivity index (χ3v) is 6.95. The third-order valence-electron chi connectivity index (χ3n) is 6.46. The van der Waals surface area contributed by atoms with Gasteiger partial charge in [-0.25, -0.2) is 0 Å². The molecule has 3 aromatic carbocycles. The van der Waals surface area contributed by atoms with Gasteiger partial charge in [-0.2, -0.15) is 0 Å². The Hall–Kier alpha value is -2.26. The Morgan fingerprint density at radius 3 is 1.21 bits per heavy atom. The van der Waals surface area contributed by atoms with Crippen molar-refractivity contribution in [3.8, 4) is 0 Å². The van der Waals surface area contributed by atoms with Gasteiger partial charge in [0, 0.05) is 45.9 Å². The van der Waals surface area contributed by atoms with Gasteiger partial charge in [0.2, 0.25) is 0 Å². The molecule has 3 aromatic rings. The van der Waals surface area contributed by atoms with E-state index in [-0.39, 0.29) is 5.92 Å². The fourth-order valence-corrected chi connectivity index (χ4v) is 5.74. The van der Waals surface area contributed by atoms with Gasteiger partial charge in [-0.15, -0.1) is 0 Å². The van der Waals surface area contributed by atoms with Crippen LogP contribution in [0.4, 0.5) is 11.4 Å². The average Bonchev–Trinajstić information content (AvgIpc) is 2.75. The normalized spacial score (nSPS) is 11.8. The molecule has 182 valence electrons. The molecule has 0 saturated heterocycles. The Labute approximate surface area is 216 Å². The van der Waals surface area contributed by atoms with Gasteiger partial charge in [0.15, 0.2) is 0 Å². The first-order valence-corrected chi connectivity index (χ1v) is 13.4. The average molecular weight is 522 g/mol. The molecule has 2 nitrogen and oxygen atoms in total. The Balaban J connectivity index is 2.04. The van der Waals surface area contributed by atoms with Crippen molar-refractivity contribution in [2.24, 2.45) is 0 Å². The maximum absolute atomic E-state index is 3.69. The van der Waals surface area contributed by atoms with Crippen molar-refractivity contribution in [1.82, 2.24) is 0 Å². The van der Waals surface area contributed by atoms with E-state index >= 15 is 0 Å². The summed E-state index contributed by atoms with van der Waals surface area (Å²) < 4.78 is 1.11. The minimum Gasteiger partial charge on any atom is -0.367 e. The zero-order valence-corrected chi connectivity index (χ0v) is 23.7. The second kappa shape index (κ2) is 11.4. The van der Waals surface area contributed by atoms with Gasteiger partial charge < -0.3 is 9.80 Å². The smallest absolute Gasteiger partial charge is 0.0371 e. The van der Waals surface area contributed by atoms with Crippen molar-refractivity contribution >= 4 is 27.3 Å². The van der Waals surface area contributed by atoms with Crippen LogP contribution < -0.4 is 9.80 Å². The summed E-state index contributed by atoms with van der Waals surface area (Å²) in [5.74, 6) is 0.179. The molecule has 0 saturated carbocycles. The molecular formula is C31H41BrN2. The van der Waals surface area contributed by atoms with Crippen LogP contribution in [-0.4, -0.2) is 24.2 Å². The summed E-state index contributed by atoms with van der Waals surface area (Å²) >= 11 is 3.69. The van der Waals surface area contributed by atoms with Crippen LogP contribution in [0.5, 0.6) is 0 Å². The van der Waals surface area contributed by atoms with Gasteiger partial charge in [0.25, 0.3) is 0 Å². The first-order valence-electron chi connectivity index (χ1n) is 12.6. The first kappa shape index (κ1) is 26.3. The van der Waals surface area contributed by atoms with E-state index in [4.69, 9.17) is 0 Å². The number of nitrogens with zero attached hydrogens (tertiary/aromatic N) is 2. The van der Waals surface area contributed by atoms with E-state index in [1.807, 2.05) is 0 Å². The molecule has 3 heteroatoms. The van der Waals surface area contributed by atoms with Crippen molar-refractivity contribution in [3.05, 3.63) is 94.0 Å². The van der Waals surface area contributed by atoms with E-state index in [1.54, 1.807) is 0 Å². The monoisotopic (exact) mass is 520 g/mol. The fraction of sp³-hybridized carbons (Fsp3) is 0.419. The molecule has 0 atom stereocenters. The molecule has 0 unspecified atom stereocenters. The van der Waals surface area contributed by atoms with Crippen LogP contribution in [0.25, 0.3) is 0 Å². The summed E-state index contributed by atoms with van der Waals surface area (Å²) in [6.07, 6.45) is 0. The summed E-state index contributed by atoms with van der Waals surface area (Å²) in [7, 11) is 0. The Morgan fingerprint density at radius 2 is 0.882 bits per heavy atom. The third kappa shape index (κ3) is 6.05. The van der Waals surface area contributed by atoms with E-state index in [0.29, 0.717) is 24.2 Å². The molecule has 0 fully saturated rings. The van der Waals surface area contributed by atoms with E-state index < -0.39 is 0 Å². The van der Waals surface area contributed by atoms with Gasteiger partial charge in [-0.05, 0) is 108 Å². The zero-order chi connectivity index (χ0) is 25.0. The van der Waals surface area contributed by atoms with Crippen LogP contribution in [0.2, 0.25) is 0 Å². The van der Waals surface area contributed by atoms with Crippen molar-refractivity contribution in [1.29, 1.82) is 0 Å². The Bertz CT molecular complexity index is 956. The van der Waals surface area contributed by atoms with Crippen LogP contribution in [-0.2, 0) is 0 Å². The van der Waals surface area contributed by atoms with E-state index in [2.05, 4.69) is 154 Å². The molecule has 0 spiro atoms. The van der Waals surface area contributed by atoms with Crippen molar-refractivity contribution in [2.45, 2.75) is 85.5 Å². The van der Waals surface area contributed by atoms with Gasteiger partial charge in [-0.3, -0.25) is 0 Å². The SMILES string of the molecule is CC(C)N(c1ccc(C(c2ccc(N(C(C)C)C(C)C)cc2)c2cccc(Br)c2)cc1)C(C)C. The highest BCUT2D eigenvalue weighted by molar-refractivity contribution is 9.10. The quantitative estimate of drug-likeness (QED) is 0.260. The lowest BCUT2D eigenvalue weighted by molar-refractivity contribution is 0.608. The van der Waals surface area contributed by atoms with Gasteiger partial charge in [0.05, 0.1) is 0 Å². The highest BCUT2D eigenvalue weighted by Gasteiger charge is 2.20. The molecule has 0 aliphatic carbocycles. The second-order valence-corrected chi connectivity index (χ2v) is 11.3. The predicted octanol–water partition coefficient (Wildman–Crippen LogP) is 8.88. The molecule has 0 aromatic heterocycles. The summed E-state index contributed by atoms with van der Waals surface area (Å²) in [6.45, 7) is 18.1. The van der Waals surface area contributed by atoms with Gasteiger partial charge >= 0.3 is 0 Å². The molecule has 0 N–H and O–H groups in total. The van der Waals surface area contributed by atoms with Crippen LogP contribution in [0.15, 0.2) is 77.3 Å². The summed E-state index contributed by atoms with van der Waals surface area (Å²) in [6, 6.07) is 28.9. The van der Waals surface area contributed by atoms with Crippen molar-refractivity contribution in [2.75, 3.05) is 9.80 Å². The molecule has 34 heavy (non-hydrogen) atoms. The topological polar surface area (TPSA) is 6.48 Å². The number of anilines is 2. The highest BCUT2D eigenvalue weighted by Crippen LogP contribution is 2.36. The lowest BCUT2D eigenvalue weighted by Gasteiger charge is -2.34. The van der Waals surface area contributed by atoms with Crippen LogP contribution in [0.1, 0.15) is 78.0 Å². The first-order chi connectivity index (χ1) is 16.1. The number of halogens is 1. The maximum Gasteiger partial charge on any atom is 0.0371 e. The molecule has 0 amide bonds. The van der Waals surface area contributed by atoms with Crippen molar-refractivity contribution < 1.29 is 0 Å². The molecule has 0 bridgehead atoms. The van der Waals surface area contributed by atoms with Crippen LogP contribution >= 0.6 is 15.9 Å². The highest BCUT2D eigenvalue weighted by atomic mass is 79.9. The van der Waals surface area contributed by atoms with E-state index in [9.17, 15) is 0 Å². The molecule has 0 aliphatic heterocycles. The van der Waals surface area contributed by atoms with Crippen molar-refractivity contribution in [3.63, 3.8) is 0 Å². The largest absolute Gasteiger partial charge is 0.367 e. The Morgan fingerprint density at radius 1 is 0.500 bits per heavy atom. The fourth-order valence-electron chi connectivity index (χ4n) is 5.33. The Kier molecular flexibility index (Phi) is 8.87. The molecule has 3 rings (SSSR count). The van der Waals surface area contributed by atoms with E-state index in [1.165, 1.54) is 28.1 Å². The molecule has 0 radical (unpaired) electrons. The van der Waals surface area contributed by atoms with E-state index in [0.717, 1.165) is 4.47 Å².